The Morgan fingerprint density at radius 3 is 2.55 bits per heavy atom. The minimum absolute atomic E-state index is 0.290. The molecule has 2 aromatic carbocycles. The molecular formula is C25H30N2O2. The molecule has 1 aliphatic heterocycles. The summed E-state index contributed by atoms with van der Waals surface area (Å²) in [4.78, 5) is 11.7. The van der Waals surface area contributed by atoms with Crippen molar-refractivity contribution in [3.63, 3.8) is 0 Å². The molecule has 1 aliphatic rings. The van der Waals surface area contributed by atoms with Crippen molar-refractivity contribution in [3.8, 4) is 0 Å². The van der Waals surface area contributed by atoms with E-state index in [9.17, 15) is 4.79 Å². The van der Waals surface area contributed by atoms with Crippen LogP contribution in [-0.4, -0.2) is 30.7 Å². The summed E-state index contributed by atoms with van der Waals surface area (Å²) in [6, 6.07) is 16.5. The first-order valence-electron chi connectivity index (χ1n) is 10.6. The fourth-order valence-electron chi connectivity index (χ4n) is 4.58. The fourth-order valence-corrected chi connectivity index (χ4v) is 4.58. The number of carbonyl (C=O) groups is 1. The van der Waals surface area contributed by atoms with E-state index in [0.717, 1.165) is 32.0 Å². The van der Waals surface area contributed by atoms with E-state index in [4.69, 9.17) is 4.74 Å². The Morgan fingerprint density at radius 2 is 1.83 bits per heavy atom. The molecule has 2 heterocycles. The molecule has 0 unspecified atom stereocenters. The van der Waals surface area contributed by atoms with Gasteiger partial charge in [-0.05, 0) is 80.9 Å². The van der Waals surface area contributed by atoms with Crippen LogP contribution in [0.2, 0.25) is 0 Å². The van der Waals surface area contributed by atoms with Gasteiger partial charge in [-0.25, -0.2) is 4.79 Å². The second-order valence-corrected chi connectivity index (χ2v) is 8.08. The maximum atomic E-state index is 11.7. The molecule has 0 amide bonds. The van der Waals surface area contributed by atoms with Gasteiger partial charge in [0, 0.05) is 23.1 Å². The van der Waals surface area contributed by atoms with Gasteiger partial charge in [-0.15, -0.1) is 0 Å². The molecule has 29 heavy (non-hydrogen) atoms. The first kappa shape index (κ1) is 19.7. The molecule has 1 fully saturated rings. The third kappa shape index (κ3) is 4.23. The molecule has 152 valence electrons. The third-order valence-electron chi connectivity index (χ3n) is 6.34. The number of para-hydroxylation sites is 1. The number of rotatable bonds is 6. The lowest BCUT2D eigenvalue weighted by molar-refractivity contribution is 0.0600. The number of hydrogen-bond acceptors (Lipinski definition) is 3. The molecule has 0 aliphatic carbocycles. The van der Waals surface area contributed by atoms with E-state index in [1.165, 1.54) is 54.1 Å². The SMILES string of the molecule is COC(=O)c1ccc(Cc2c(C)n(CCC3CCNCC3)c3ccccc23)cc1. The Kier molecular flexibility index (Phi) is 6.00. The van der Waals surface area contributed by atoms with E-state index < -0.39 is 0 Å². The summed E-state index contributed by atoms with van der Waals surface area (Å²) in [6.45, 7) is 5.64. The van der Waals surface area contributed by atoms with Crippen LogP contribution in [0.15, 0.2) is 48.5 Å². The van der Waals surface area contributed by atoms with E-state index in [1.807, 2.05) is 24.3 Å². The predicted molar refractivity (Wildman–Crippen MR) is 117 cm³/mol. The summed E-state index contributed by atoms with van der Waals surface area (Å²) < 4.78 is 7.31. The van der Waals surface area contributed by atoms with E-state index in [1.54, 1.807) is 0 Å². The van der Waals surface area contributed by atoms with Crippen LogP contribution in [0.5, 0.6) is 0 Å². The number of carbonyl (C=O) groups excluding carboxylic acids is 1. The molecule has 1 aromatic heterocycles. The molecule has 1 saturated heterocycles. The van der Waals surface area contributed by atoms with Crippen molar-refractivity contribution < 1.29 is 9.53 Å². The number of benzene rings is 2. The largest absolute Gasteiger partial charge is 0.465 e. The Hall–Kier alpha value is -2.59. The molecule has 3 aromatic rings. The van der Waals surface area contributed by atoms with E-state index >= 15 is 0 Å². The highest BCUT2D eigenvalue weighted by atomic mass is 16.5. The van der Waals surface area contributed by atoms with Gasteiger partial charge in [0.15, 0.2) is 0 Å². The van der Waals surface area contributed by atoms with Crippen LogP contribution in [0.4, 0.5) is 0 Å². The van der Waals surface area contributed by atoms with Gasteiger partial charge in [-0.1, -0.05) is 30.3 Å². The average Bonchev–Trinajstić information content (AvgIpc) is 3.04. The summed E-state index contributed by atoms with van der Waals surface area (Å²) in [6.07, 6.45) is 4.69. The van der Waals surface area contributed by atoms with E-state index in [0.29, 0.717) is 5.56 Å². The van der Waals surface area contributed by atoms with Crippen LogP contribution in [0.3, 0.4) is 0 Å². The maximum absolute atomic E-state index is 11.7. The monoisotopic (exact) mass is 390 g/mol. The minimum Gasteiger partial charge on any atom is -0.465 e. The molecule has 4 heteroatoms. The van der Waals surface area contributed by atoms with Crippen molar-refractivity contribution >= 4 is 16.9 Å². The van der Waals surface area contributed by atoms with Gasteiger partial charge < -0.3 is 14.6 Å². The second-order valence-electron chi connectivity index (χ2n) is 8.08. The van der Waals surface area contributed by atoms with Crippen LogP contribution in [0.25, 0.3) is 10.9 Å². The number of fused-ring (bicyclic) bond motifs is 1. The number of aromatic nitrogens is 1. The normalized spacial score (nSPS) is 15.0. The van der Waals surface area contributed by atoms with Crippen LogP contribution in [0, 0.1) is 12.8 Å². The zero-order valence-corrected chi connectivity index (χ0v) is 17.4. The Bertz CT molecular complexity index is 982. The molecule has 0 bridgehead atoms. The topological polar surface area (TPSA) is 43.3 Å². The lowest BCUT2D eigenvalue weighted by Gasteiger charge is -2.23. The summed E-state index contributed by atoms with van der Waals surface area (Å²) in [5.41, 5.74) is 5.88. The Labute approximate surface area is 172 Å². The number of hydrogen-bond donors (Lipinski definition) is 1. The highest BCUT2D eigenvalue weighted by Crippen LogP contribution is 2.29. The van der Waals surface area contributed by atoms with Crippen LogP contribution >= 0.6 is 0 Å². The lowest BCUT2D eigenvalue weighted by atomic mass is 9.95. The molecule has 0 radical (unpaired) electrons. The highest BCUT2D eigenvalue weighted by molar-refractivity contribution is 5.89. The zero-order chi connectivity index (χ0) is 20.2. The van der Waals surface area contributed by atoms with Gasteiger partial charge in [0.25, 0.3) is 0 Å². The number of nitrogens with one attached hydrogen (secondary N) is 1. The van der Waals surface area contributed by atoms with Crippen molar-refractivity contribution in [2.24, 2.45) is 5.92 Å². The Morgan fingerprint density at radius 1 is 1.10 bits per heavy atom. The zero-order valence-electron chi connectivity index (χ0n) is 17.4. The van der Waals surface area contributed by atoms with Crippen LogP contribution in [-0.2, 0) is 17.7 Å². The molecule has 4 rings (SSSR count). The summed E-state index contributed by atoms with van der Waals surface area (Å²) in [5.74, 6) is 0.536. The predicted octanol–water partition coefficient (Wildman–Crippen LogP) is 4.72. The molecular weight excluding hydrogens is 360 g/mol. The Balaban J connectivity index is 1.59. The lowest BCUT2D eigenvalue weighted by Crippen LogP contribution is -2.28. The molecule has 0 saturated carbocycles. The van der Waals surface area contributed by atoms with Gasteiger partial charge in [-0.3, -0.25) is 0 Å². The third-order valence-corrected chi connectivity index (χ3v) is 6.34. The van der Waals surface area contributed by atoms with Crippen molar-refractivity contribution in [1.82, 2.24) is 9.88 Å². The van der Waals surface area contributed by atoms with Gasteiger partial charge in [0.05, 0.1) is 12.7 Å². The quantitative estimate of drug-likeness (QED) is 0.620. The highest BCUT2D eigenvalue weighted by Gasteiger charge is 2.17. The first-order chi connectivity index (χ1) is 14.2. The number of esters is 1. The number of aryl methyl sites for hydroxylation is 1. The van der Waals surface area contributed by atoms with Gasteiger partial charge in [0.2, 0.25) is 0 Å². The van der Waals surface area contributed by atoms with Crippen LogP contribution in [0.1, 0.15) is 46.4 Å². The number of piperidine rings is 1. The number of ether oxygens (including phenoxy) is 1. The first-order valence-corrected chi connectivity index (χ1v) is 10.6. The van der Waals surface area contributed by atoms with Crippen LogP contribution < -0.4 is 5.32 Å². The summed E-state index contributed by atoms with van der Waals surface area (Å²) in [5, 5.41) is 4.80. The standard InChI is InChI=1S/C25H30N2O2/c1-18-23(17-20-7-9-21(10-8-20)25(28)29-2)22-5-3-4-6-24(22)27(18)16-13-19-11-14-26-15-12-19/h3-10,19,26H,11-17H2,1-2H3. The minimum atomic E-state index is -0.290. The smallest absolute Gasteiger partial charge is 0.337 e. The molecule has 0 spiro atoms. The maximum Gasteiger partial charge on any atom is 0.337 e. The van der Waals surface area contributed by atoms with Gasteiger partial charge in [-0.2, -0.15) is 0 Å². The van der Waals surface area contributed by atoms with E-state index in [2.05, 4.69) is 41.1 Å². The van der Waals surface area contributed by atoms with Crippen molar-refractivity contribution in [2.75, 3.05) is 20.2 Å². The van der Waals surface area contributed by atoms with Crippen molar-refractivity contribution in [1.29, 1.82) is 0 Å². The van der Waals surface area contributed by atoms with Gasteiger partial charge in [0.1, 0.15) is 0 Å². The fraction of sp³-hybridized carbons (Fsp3) is 0.400. The van der Waals surface area contributed by atoms with Crippen molar-refractivity contribution in [2.45, 2.75) is 39.2 Å². The molecule has 0 atom stereocenters. The van der Waals surface area contributed by atoms with E-state index in [-0.39, 0.29) is 5.97 Å². The van der Waals surface area contributed by atoms with Crippen molar-refractivity contribution in [3.05, 3.63) is 70.9 Å². The summed E-state index contributed by atoms with van der Waals surface area (Å²) in [7, 11) is 1.41. The molecule has 4 nitrogen and oxygen atoms in total. The van der Waals surface area contributed by atoms with Gasteiger partial charge >= 0.3 is 5.97 Å². The number of nitrogens with zero attached hydrogens (tertiary/aromatic N) is 1. The average molecular weight is 391 g/mol. The second kappa shape index (κ2) is 8.83. The number of methoxy groups -OCH3 is 1. The summed E-state index contributed by atoms with van der Waals surface area (Å²) >= 11 is 0. The molecule has 1 N–H and O–H groups in total.